The van der Waals surface area contributed by atoms with Crippen LogP contribution >= 0.6 is 0 Å². The molecule has 5 heteroatoms. The predicted octanol–water partition coefficient (Wildman–Crippen LogP) is 2.71. The van der Waals surface area contributed by atoms with Crippen molar-refractivity contribution in [3.05, 3.63) is 71.9 Å². The van der Waals surface area contributed by atoms with Gasteiger partial charge in [-0.2, -0.15) is 0 Å². The highest BCUT2D eigenvalue weighted by molar-refractivity contribution is 6.44. The maximum atomic E-state index is 12.8. The lowest BCUT2D eigenvalue weighted by Crippen LogP contribution is -2.50. The molecule has 0 unspecified atom stereocenters. The van der Waals surface area contributed by atoms with Crippen LogP contribution in [0.5, 0.6) is 0 Å². The third-order valence-electron chi connectivity index (χ3n) is 5.24. The van der Waals surface area contributed by atoms with E-state index >= 15 is 0 Å². The number of fused-ring (bicyclic) bond motifs is 1. The van der Waals surface area contributed by atoms with Gasteiger partial charge >= 0.3 is 0 Å². The van der Waals surface area contributed by atoms with Crippen LogP contribution in [0, 0.1) is 0 Å². The van der Waals surface area contributed by atoms with Crippen molar-refractivity contribution in [2.75, 3.05) is 26.2 Å². The first kappa shape index (κ1) is 17.5. The normalized spacial score (nSPS) is 15.2. The molecule has 1 aromatic heterocycles. The van der Waals surface area contributed by atoms with E-state index in [1.54, 1.807) is 11.1 Å². The Kier molecular flexibility index (Phi) is 4.77. The Labute approximate surface area is 158 Å². The second-order valence-electron chi connectivity index (χ2n) is 7.05. The number of benzene rings is 2. The summed E-state index contributed by atoms with van der Waals surface area (Å²) in [6.45, 7) is 3.61. The molecule has 0 radical (unpaired) electrons. The average Bonchev–Trinajstić information content (AvgIpc) is 3.05. The van der Waals surface area contributed by atoms with E-state index in [0.29, 0.717) is 18.7 Å². The smallest absolute Gasteiger partial charge is 0.295 e. The number of amides is 1. The van der Waals surface area contributed by atoms with E-state index in [2.05, 4.69) is 17.0 Å². The molecule has 0 aliphatic carbocycles. The summed E-state index contributed by atoms with van der Waals surface area (Å²) in [5.74, 6) is -0.811. The van der Waals surface area contributed by atoms with E-state index in [1.165, 1.54) is 5.56 Å². The summed E-state index contributed by atoms with van der Waals surface area (Å²) >= 11 is 0. The van der Waals surface area contributed by atoms with Crippen molar-refractivity contribution in [3.63, 3.8) is 0 Å². The largest absolute Gasteiger partial charge is 0.350 e. The quantitative estimate of drug-likeness (QED) is 0.530. The second-order valence-corrected chi connectivity index (χ2v) is 7.05. The third-order valence-corrected chi connectivity index (χ3v) is 5.24. The van der Waals surface area contributed by atoms with Crippen LogP contribution < -0.4 is 0 Å². The number of ketones is 1. The molecule has 2 heterocycles. The van der Waals surface area contributed by atoms with E-state index in [4.69, 9.17) is 0 Å². The zero-order valence-corrected chi connectivity index (χ0v) is 15.5. The van der Waals surface area contributed by atoms with Crippen molar-refractivity contribution in [2.24, 2.45) is 7.05 Å². The lowest BCUT2D eigenvalue weighted by atomic mass is 10.1. The van der Waals surface area contributed by atoms with Crippen LogP contribution in [0.4, 0.5) is 0 Å². The molecule has 3 aromatic rings. The number of piperazine rings is 1. The number of para-hydroxylation sites is 1. The fourth-order valence-corrected chi connectivity index (χ4v) is 3.73. The minimum atomic E-state index is -0.414. The topological polar surface area (TPSA) is 45.6 Å². The molecule has 138 valence electrons. The summed E-state index contributed by atoms with van der Waals surface area (Å²) < 4.78 is 1.90. The molecule has 27 heavy (non-hydrogen) atoms. The van der Waals surface area contributed by atoms with Crippen molar-refractivity contribution in [3.8, 4) is 0 Å². The van der Waals surface area contributed by atoms with Gasteiger partial charge in [-0.05, 0) is 11.6 Å². The molecule has 0 atom stereocenters. The summed E-state index contributed by atoms with van der Waals surface area (Å²) in [5.41, 5.74) is 2.72. The second kappa shape index (κ2) is 7.37. The molecule has 1 aliphatic rings. The van der Waals surface area contributed by atoms with E-state index in [-0.39, 0.29) is 0 Å². The summed E-state index contributed by atoms with van der Waals surface area (Å²) in [6.07, 6.45) is 1.76. The van der Waals surface area contributed by atoms with Gasteiger partial charge in [0.1, 0.15) is 0 Å². The number of aromatic nitrogens is 1. The van der Waals surface area contributed by atoms with Gasteiger partial charge in [0.05, 0.1) is 5.56 Å². The van der Waals surface area contributed by atoms with Gasteiger partial charge in [0.2, 0.25) is 0 Å². The molecule has 0 spiro atoms. The molecule has 4 rings (SSSR count). The Morgan fingerprint density at radius 1 is 0.889 bits per heavy atom. The fourth-order valence-electron chi connectivity index (χ4n) is 3.73. The maximum absolute atomic E-state index is 12.8. The Hall–Kier alpha value is -2.92. The van der Waals surface area contributed by atoms with Crippen molar-refractivity contribution in [1.29, 1.82) is 0 Å². The van der Waals surface area contributed by atoms with E-state index in [1.807, 2.05) is 54.1 Å². The van der Waals surface area contributed by atoms with Gasteiger partial charge in [0, 0.05) is 56.9 Å². The Morgan fingerprint density at radius 2 is 1.56 bits per heavy atom. The first-order valence-corrected chi connectivity index (χ1v) is 9.27. The first-order chi connectivity index (χ1) is 13.1. The third kappa shape index (κ3) is 3.51. The van der Waals surface area contributed by atoms with Gasteiger partial charge in [-0.3, -0.25) is 14.5 Å². The lowest BCUT2D eigenvalue weighted by Gasteiger charge is -2.34. The van der Waals surface area contributed by atoms with Gasteiger partial charge in [0.25, 0.3) is 11.7 Å². The highest BCUT2D eigenvalue weighted by atomic mass is 16.2. The molecule has 2 aromatic carbocycles. The molecule has 0 saturated carbocycles. The van der Waals surface area contributed by atoms with E-state index in [0.717, 1.165) is 30.5 Å². The van der Waals surface area contributed by atoms with Crippen LogP contribution in [-0.2, 0) is 18.4 Å². The van der Waals surface area contributed by atoms with Crippen LogP contribution in [0.3, 0.4) is 0 Å². The lowest BCUT2D eigenvalue weighted by molar-refractivity contribution is -0.128. The van der Waals surface area contributed by atoms with Crippen molar-refractivity contribution >= 4 is 22.6 Å². The van der Waals surface area contributed by atoms with E-state index < -0.39 is 11.7 Å². The molecule has 1 aliphatic heterocycles. The molecule has 1 amide bonds. The Balaban J connectivity index is 1.42. The molecule has 0 N–H and O–H groups in total. The zero-order valence-electron chi connectivity index (χ0n) is 15.5. The van der Waals surface area contributed by atoms with Crippen molar-refractivity contribution in [2.45, 2.75) is 6.54 Å². The highest BCUT2D eigenvalue weighted by Gasteiger charge is 2.28. The number of carbonyl (C=O) groups excluding carboxylic acids is 2. The summed E-state index contributed by atoms with van der Waals surface area (Å²) in [5, 5.41) is 0.834. The van der Waals surface area contributed by atoms with Crippen LogP contribution in [0.2, 0.25) is 0 Å². The molecular weight excluding hydrogens is 338 g/mol. The Morgan fingerprint density at radius 3 is 2.30 bits per heavy atom. The van der Waals surface area contributed by atoms with E-state index in [9.17, 15) is 9.59 Å². The minimum Gasteiger partial charge on any atom is -0.350 e. The fraction of sp³-hybridized carbons (Fsp3) is 0.273. The summed E-state index contributed by atoms with van der Waals surface area (Å²) in [6, 6.07) is 18.0. The molecule has 0 bridgehead atoms. The number of rotatable bonds is 4. The number of hydrogen-bond donors (Lipinski definition) is 0. The van der Waals surface area contributed by atoms with Crippen LogP contribution in [-0.4, -0.2) is 52.2 Å². The number of carbonyl (C=O) groups is 2. The number of Topliss-reactive ketones (excluding diaryl/α,β-unsaturated/α-hetero) is 1. The maximum Gasteiger partial charge on any atom is 0.295 e. The predicted molar refractivity (Wildman–Crippen MR) is 106 cm³/mol. The zero-order chi connectivity index (χ0) is 18.8. The molecule has 1 saturated heterocycles. The monoisotopic (exact) mass is 361 g/mol. The molecular formula is C22H23N3O2. The van der Waals surface area contributed by atoms with Gasteiger partial charge in [0.15, 0.2) is 0 Å². The van der Waals surface area contributed by atoms with Crippen molar-refractivity contribution < 1.29 is 9.59 Å². The van der Waals surface area contributed by atoms with Gasteiger partial charge in [-0.1, -0.05) is 48.5 Å². The van der Waals surface area contributed by atoms with Gasteiger partial charge in [-0.15, -0.1) is 0 Å². The summed E-state index contributed by atoms with van der Waals surface area (Å²) in [4.78, 5) is 29.6. The van der Waals surface area contributed by atoms with Gasteiger partial charge in [-0.25, -0.2) is 0 Å². The minimum absolute atomic E-state index is 0.397. The number of hydrogen-bond acceptors (Lipinski definition) is 3. The van der Waals surface area contributed by atoms with Gasteiger partial charge < -0.3 is 9.47 Å². The van der Waals surface area contributed by atoms with Crippen LogP contribution in [0.1, 0.15) is 15.9 Å². The average molecular weight is 361 g/mol. The highest BCUT2D eigenvalue weighted by Crippen LogP contribution is 2.21. The number of nitrogens with zero attached hydrogens (tertiary/aromatic N) is 3. The number of aryl methyl sites for hydroxylation is 1. The Bertz CT molecular complexity index is 970. The summed E-state index contributed by atoms with van der Waals surface area (Å²) in [7, 11) is 1.89. The first-order valence-electron chi connectivity index (χ1n) is 9.27. The molecule has 1 fully saturated rings. The standard InChI is InChI=1S/C22H23N3O2/c1-23-16-19(18-9-5-6-10-20(18)23)21(26)22(27)25-13-11-24(12-14-25)15-17-7-3-2-4-8-17/h2-10,16H,11-15H2,1H3. The molecule has 5 nitrogen and oxygen atoms in total. The SMILES string of the molecule is Cn1cc(C(=O)C(=O)N2CCN(Cc3ccccc3)CC2)c2ccccc21. The van der Waals surface area contributed by atoms with Crippen LogP contribution in [0.25, 0.3) is 10.9 Å². The van der Waals surface area contributed by atoms with Crippen LogP contribution in [0.15, 0.2) is 60.8 Å². The van der Waals surface area contributed by atoms with Crippen molar-refractivity contribution in [1.82, 2.24) is 14.4 Å².